The molecule has 5 nitrogen and oxygen atoms in total. The van der Waals surface area contributed by atoms with Crippen LogP contribution in [0, 0.1) is 0 Å². The number of carbonyl (C=O) groups is 2. The third-order valence-electron chi connectivity index (χ3n) is 14.6. The summed E-state index contributed by atoms with van der Waals surface area (Å²) in [5, 5.41) is 9.71. The summed E-state index contributed by atoms with van der Waals surface area (Å²) >= 11 is 0. The van der Waals surface area contributed by atoms with E-state index in [1.54, 1.807) is 0 Å². The summed E-state index contributed by atoms with van der Waals surface area (Å²) in [6.07, 6.45) is 121. The topological polar surface area (TPSA) is 72.8 Å². The zero-order chi connectivity index (χ0) is 63.3. The van der Waals surface area contributed by atoms with Crippen molar-refractivity contribution in [1.29, 1.82) is 0 Å². The fourth-order valence-electron chi connectivity index (χ4n) is 9.33. The van der Waals surface area contributed by atoms with Gasteiger partial charge in [0.1, 0.15) is 6.61 Å². The van der Waals surface area contributed by atoms with Crippen LogP contribution in [-0.4, -0.2) is 36.4 Å². The summed E-state index contributed by atoms with van der Waals surface area (Å²) in [7, 11) is 0. The minimum Gasteiger partial charge on any atom is -0.462 e. The van der Waals surface area contributed by atoms with Gasteiger partial charge in [-0.15, -0.1) is 0 Å². The average Bonchev–Trinajstić information content (AvgIpc) is 3.56. The molecule has 88 heavy (non-hydrogen) atoms. The van der Waals surface area contributed by atoms with Crippen LogP contribution in [0.4, 0.5) is 0 Å². The number of rotatable bonds is 63. The number of esters is 2. The lowest BCUT2D eigenvalue weighted by Gasteiger charge is -2.15. The highest BCUT2D eigenvalue weighted by molar-refractivity contribution is 5.70. The number of unbranched alkanes of at least 4 members (excludes halogenated alkanes) is 21. The molecule has 0 aromatic heterocycles. The number of hydrogen-bond donors (Lipinski definition) is 1. The van der Waals surface area contributed by atoms with Crippen molar-refractivity contribution in [3.63, 3.8) is 0 Å². The molecule has 0 aromatic carbocycles. The first-order chi connectivity index (χ1) is 43.6. The highest BCUT2D eigenvalue weighted by Crippen LogP contribution is 2.15. The zero-order valence-electron chi connectivity index (χ0n) is 56.4. The lowest BCUT2D eigenvalue weighted by atomic mass is 10.0. The fraction of sp³-hybridized carbons (Fsp3) is 0.566. The van der Waals surface area contributed by atoms with Gasteiger partial charge in [0.25, 0.3) is 0 Å². The summed E-state index contributed by atoms with van der Waals surface area (Å²) < 4.78 is 10.8. The van der Waals surface area contributed by atoms with Crippen molar-refractivity contribution in [2.24, 2.45) is 0 Å². The second-order valence-corrected chi connectivity index (χ2v) is 22.8. The molecule has 0 heterocycles. The van der Waals surface area contributed by atoms with Crippen molar-refractivity contribution in [2.45, 2.75) is 290 Å². The summed E-state index contributed by atoms with van der Waals surface area (Å²) in [4.78, 5) is 24.7. The van der Waals surface area contributed by atoms with Crippen molar-refractivity contribution < 1.29 is 24.2 Å². The SMILES string of the molecule is CC/C=C\C/C=C\C/C=C\C/C=C\C/C=C\C/C=C\C/C=C\C/C=C\C/C=C\C/C=C\CCCCCCCCCCCCC(=O)OC(CO)COC(=O)CCCCCCCCCCCCC/C=C\C/C=C\C/C=C\C/C=C\C/C=C\C/C=C\C/C=C\CC. The molecule has 0 radical (unpaired) electrons. The fourth-order valence-corrected chi connectivity index (χ4v) is 9.33. The third kappa shape index (κ3) is 73.0. The van der Waals surface area contributed by atoms with E-state index in [0.717, 1.165) is 148 Å². The van der Waals surface area contributed by atoms with Gasteiger partial charge < -0.3 is 14.6 Å². The molecule has 0 rings (SSSR count). The molecule has 1 atom stereocenters. The highest BCUT2D eigenvalue weighted by Gasteiger charge is 2.16. The summed E-state index contributed by atoms with van der Waals surface area (Å²) in [5.41, 5.74) is 0. The van der Waals surface area contributed by atoms with Crippen LogP contribution in [0.5, 0.6) is 0 Å². The lowest BCUT2D eigenvalue weighted by Crippen LogP contribution is -2.28. The van der Waals surface area contributed by atoms with Crippen LogP contribution in [-0.2, 0) is 19.1 Å². The molecule has 0 saturated carbocycles. The van der Waals surface area contributed by atoms with Gasteiger partial charge in [0.2, 0.25) is 0 Å². The molecular weight excluding hydrogens is 1080 g/mol. The lowest BCUT2D eigenvalue weighted by molar-refractivity contribution is -0.161. The Morgan fingerprint density at radius 3 is 0.682 bits per heavy atom. The van der Waals surface area contributed by atoms with Gasteiger partial charge in [0.05, 0.1) is 6.61 Å². The Morgan fingerprint density at radius 2 is 0.455 bits per heavy atom. The van der Waals surface area contributed by atoms with E-state index in [-0.39, 0.29) is 25.2 Å². The van der Waals surface area contributed by atoms with Gasteiger partial charge in [0.15, 0.2) is 6.10 Å². The summed E-state index contributed by atoms with van der Waals surface area (Å²) in [6, 6.07) is 0. The molecular formula is C83H130O5. The Labute approximate surface area is 542 Å². The second-order valence-electron chi connectivity index (χ2n) is 22.8. The van der Waals surface area contributed by atoms with E-state index in [1.165, 1.54) is 109 Å². The van der Waals surface area contributed by atoms with Crippen LogP contribution in [0.25, 0.3) is 0 Å². The number of carbonyl (C=O) groups excluding carboxylic acids is 2. The normalized spacial score (nSPS) is 13.5. The van der Waals surface area contributed by atoms with Crippen molar-refractivity contribution >= 4 is 11.9 Å². The maximum atomic E-state index is 12.4. The van der Waals surface area contributed by atoms with Crippen LogP contribution in [0.3, 0.4) is 0 Å². The molecule has 1 N–H and O–H groups in total. The smallest absolute Gasteiger partial charge is 0.306 e. The number of hydrogen-bond acceptors (Lipinski definition) is 5. The molecule has 0 amide bonds. The minimum atomic E-state index is -0.792. The molecule has 5 heteroatoms. The van der Waals surface area contributed by atoms with Gasteiger partial charge in [-0.2, -0.15) is 0 Å². The molecule has 0 bridgehead atoms. The number of aliphatic hydroxyl groups is 1. The first-order valence-electron chi connectivity index (χ1n) is 35.6. The first-order valence-corrected chi connectivity index (χ1v) is 35.6. The van der Waals surface area contributed by atoms with Crippen LogP contribution < -0.4 is 0 Å². The summed E-state index contributed by atoms with van der Waals surface area (Å²) in [5.74, 6) is -0.608. The standard InChI is InChI=1S/C83H130O5/c1-3-5-7-9-11-13-15-17-19-21-23-25-27-29-31-33-35-37-38-39-40-41-42-43-44-46-48-50-52-54-56-58-60-62-64-66-68-70-72-74-76-78-83(86)88-81(79-84)80-87-82(85)77-75-73-71-69-67-65-63-61-59-57-55-53-51-49-47-45-36-34-32-30-28-26-24-22-20-18-16-14-12-10-8-6-4-2/h5-8,11-14,17-20,23-26,29-32,35-37,39-40,42-43,45-46,48-49,51-52,54,81,84H,3-4,9-10,15-16,21-22,27-28,33-34,38,41,44,47,50,53,55-80H2,1-2H3/b7-5-,8-6-,13-11-,14-12-,19-17-,20-18-,25-23-,26-24-,31-29-,32-30-,37-35-,40-39-,43-42-,45-36-,48-46-,51-49-,54-52-. The van der Waals surface area contributed by atoms with Gasteiger partial charge in [-0.1, -0.05) is 330 Å². The summed E-state index contributed by atoms with van der Waals surface area (Å²) in [6.45, 7) is 3.91. The molecule has 0 spiro atoms. The molecule has 0 aliphatic rings. The van der Waals surface area contributed by atoms with Crippen molar-refractivity contribution in [2.75, 3.05) is 13.2 Å². The van der Waals surface area contributed by atoms with Crippen molar-refractivity contribution in [1.82, 2.24) is 0 Å². The molecule has 0 aliphatic heterocycles. The maximum Gasteiger partial charge on any atom is 0.306 e. The number of allylic oxidation sites excluding steroid dienone is 34. The van der Waals surface area contributed by atoms with Gasteiger partial charge >= 0.3 is 11.9 Å². The van der Waals surface area contributed by atoms with Gasteiger partial charge in [-0.3, -0.25) is 9.59 Å². The average molecular weight is 1210 g/mol. The highest BCUT2D eigenvalue weighted by atomic mass is 16.6. The van der Waals surface area contributed by atoms with E-state index in [4.69, 9.17) is 9.47 Å². The Kier molecular flexibility index (Phi) is 71.0. The van der Waals surface area contributed by atoms with Crippen LogP contribution in [0.15, 0.2) is 207 Å². The number of aliphatic hydroxyl groups excluding tert-OH is 1. The van der Waals surface area contributed by atoms with E-state index < -0.39 is 6.10 Å². The first kappa shape index (κ1) is 82.5. The van der Waals surface area contributed by atoms with E-state index in [1.807, 2.05) is 0 Å². The Morgan fingerprint density at radius 1 is 0.261 bits per heavy atom. The molecule has 1 unspecified atom stereocenters. The molecule has 0 saturated heterocycles. The van der Waals surface area contributed by atoms with Crippen LogP contribution >= 0.6 is 0 Å². The van der Waals surface area contributed by atoms with Crippen molar-refractivity contribution in [3.8, 4) is 0 Å². The van der Waals surface area contributed by atoms with E-state index in [0.29, 0.717) is 12.8 Å². The minimum absolute atomic E-state index is 0.0804. The van der Waals surface area contributed by atoms with Gasteiger partial charge in [-0.25, -0.2) is 0 Å². The molecule has 0 aliphatic carbocycles. The molecule has 0 fully saturated rings. The zero-order valence-corrected chi connectivity index (χ0v) is 56.4. The predicted molar refractivity (Wildman–Crippen MR) is 389 cm³/mol. The quantitative estimate of drug-likeness (QED) is 0.0373. The van der Waals surface area contributed by atoms with Crippen LogP contribution in [0.2, 0.25) is 0 Å². The Balaban J connectivity index is 3.59. The molecule has 492 valence electrons. The van der Waals surface area contributed by atoms with Gasteiger partial charge in [0, 0.05) is 12.8 Å². The van der Waals surface area contributed by atoms with E-state index in [2.05, 4.69) is 220 Å². The van der Waals surface area contributed by atoms with Crippen LogP contribution in [0.1, 0.15) is 284 Å². The Hall–Kier alpha value is -5.52. The van der Waals surface area contributed by atoms with E-state index >= 15 is 0 Å². The largest absolute Gasteiger partial charge is 0.462 e. The third-order valence-corrected chi connectivity index (χ3v) is 14.6. The maximum absolute atomic E-state index is 12.4. The Bertz CT molecular complexity index is 2050. The van der Waals surface area contributed by atoms with Crippen molar-refractivity contribution in [3.05, 3.63) is 207 Å². The monoisotopic (exact) mass is 1210 g/mol. The van der Waals surface area contributed by atoms with Gasteiger partial charge in [-0.05, 0) is 148 Å². The second kappa shape index (κ2) is 75.7. The number of ether oxygens (including phenoxy) is 2. The van der Waals surface area contributed by atoms with E-state index in [9.17, 15) is 14.7 Å². The molecule has 0 aromatic rings. The predicted octanol–water partition coefficient (Wildman–Crippen LogP) is 25.3.